The van der Waals surface area contributed by atoms with Crippen LogP contribution in [0.1, 0.15) is 23.0 Å². The molecule has 0 aliphatic carbocycles. The van der Waals surface area contributed by atoms with E-state index < -0.39 is 21.0 Å². The molecule has 4 aromatic carbocycles. The molecule has 0 aliphatic rings. The predicted octanol–water partition coefficient (Wildman–Crippen LogP) is 6.28. The third kappa shape index (κ3) is 6.37. The van der Waals surface area contributed by atoms with Crippen LogP contribution in [0.2, 0.25) is 0 Å². The van der Waals surface area contributed by atoms with Gasteiger partial charge in [-0.05, 0) is 41.8 Å². The number of nitro groups is 1. The summed E-state index contributed by atoms with van der Waals surface area (Å²) in [7, 11) is -4.11. The molecule has 1 unspecified atom stereocenters. The molecule has 220 valence electrons. The van der Waals surface area contributed by atoms with Gasteiger partial charge >= 0.3 is 0 Å². The summed E-state index contributed by atoms with van der Waals surface area (Å²) >= 11 is 1.43. The summed E-state index contributed by atoms with van der Waals surface area (Å²) in [5.41, 5.74) is 2.81. The van der Waals surface area contributed by atoms with Gasteiger partial charge in [-0.1, -0.05) is 90.6 Å². The number of aromatic nitrogens is 4. The van der Waals surface area contributed by atoms with Gasteiger partial charge in [-0.15, -0.1) is 10.2 Å². The Morgan fingerprint density at radius 2 is 1.50 bits per heavy atom. The molecule has 0 saturated carbocycles. The number of sulfonamides is 1. The van der Waals surface area contributed by atoms with Crippen LogP contribution in [0.4, 0.5) is 5.69 Å². The minimum Gasteiger partial charge on any atom is -0.273 e. The number of thioether (sulfide) groups is 1. The second-order valence-electron chi connectivity index (χ2n) is 9.92. The van der Waals surface area contributed by atoms with Crippen LogP contribution < -0.4 is 4.72 Å². The number of non-ortho nitro benzene ring substituents is 1. The Balaban J connectivity index is 1.45. The summed E-state index contributed by atoms with van der Waals surface area (Å²) in [6.45, 7) is 0. The molecule has 1 N–H and O–H groups in total. The van der Waals surface area contributed by atoms with Crippen molar-refractivity contribution < 1.29 is 13.3 Å². The fraction of sp³-hybridized carbons (Fsp3) is 0.0938. The Morgan fingerprint density at radius 3 is 2.20 bits per heavy atom. The lowest BCUT2D eigenvalue weighted by molar-refractivity contribution is -0.384. The number of pyridine rings is 1. The highest BCUT2D eigenvalue weighted by molar-refractivity contribution is 7.98. The highest BCUT2D eigenvalue weighted by atomic mass is 32.2. The van der Waals surface area contributed by atoms with Gasteiger partial charge in [-0.2, -0.15) is 4.72 Å². The zero-order chi connectivity index (χ0) is 30.5. The number of nitrogens with zero attached hydrogens (tertiary/aromatic N) is 5. The average Bonchev–Trinajstić information content (AvgIpc) is 3.48. The molecule has 0 radical (unpaired) electrons. The molecule has 2 aromatic heterocycles. The molecule has 2 heterocycles. The molecule has 44 heavy (non-hydrogen) atoms. The van der Waals surface area contributed by atoms with Crippen molar-refractivity contribution in [2.75, 3.05) is 0 Å². The van der Waals surface area contributed by atoms with E-state index in [4.69, 9.17) is 0 Å². The summed E-state index contributed by atoms with van der Waals surface area (Å²) in [5.74, 6) is 0.929. The summed E-state index contributed by atoms with van der Waals surface area (Å²) in [5, 5.41) is 21.6. The molecule has 0 spiro atoms. The Hall–Kier alpha value is -4.91. The van der Waals surface area contributed by atoms with E-state index in [9.17, 15) is 18.5 Å². The number of nitro benzene ring substituents is 1. The Kier molecular flexibility index (Phi) is 8.46. The van der Waals surface area contributed by atoms with Crippen LogP contribution in [0.5, 0.6) is 0 Å². The van der Waals surface area contributed by atoms with Gasteiger partial charge < -0.3 is 0 Å². The van der Waals surface area contributed by atoms with Gasteiger partial charge in [0.05, 0.1) is 16.5 Å². The number of benzene rings is 4. The summed E-state index contributed by atoms with van der Waals surface area (Å²) in [4.78, 5) is 15.3. The van der Waals surface area contributed by atoms with Gasteiger partial charge in [0.25, 0.3) is 5.69 Å². The molecular weight excluding hydrogens is 597 g/mol. The van der Waals surface area contributed by atoms with Crippen molar-refractivity contribution in [2.24, 2.45) is 0 Å². The van der Waals surface area contributed by atoms with Crippen molar-refractivity contribution >= 4 is 38.4 Å². The van der Waals surface area contributed by atoms with E-state index in [1.807, 2.05) is 72.8 Å². The summed E-state index contributed by atoms with van der Waals surface area (Å²) < 4.78 is 32.7. The number of hydrogen-bond acceptors (Lipinski definition) is 8. The quantitative estimate of drug-likeness (QED) is 0.101. The number of para-hydroxylation sites is 1. The van der Waals surface area contributed by atoms with E-state index in [2.05, 4.69) is 19.9 Å². The first kappa shape index (κ1) is 29.2. The van der Waals surface area contributed by atoms with Gasteiger partial charge in [-0.3, -0.25) is 19.7 Å². The molecule has 0 fully saturated rings. The molecular formula is C32H26N6O4S2. The molecule has 12 heteroatoms. The molecule has 0 bridgehead atoms. The van der Waals surface area contributed by atoms with Gasteiger partial charge in [0.1, 0.15) is 4.90 Å². The normalized spacial score (nSPS) is 12.3. The van der Waals surface area contributed by atoms with Crippen molar-refractivity contribution in [3.05, 3.63) is 149 Å². The first-order valence-corrected chi connectivity index (χ1v) is 16.1. The zero-order valence-corrected chi connectivity index (χ0v) is 24.9. The fourth-order valence-corrected chi connectivity index (χ4v) is 7.16. The largest absolute Gasteiger partial charge is 0.273 e. The second-order valence-corrected chi connectivity index (χ2v) is 12.5. The number of nitrogens with one attached hydrogen (secondary N) is 1. The Bertz CT molecular complexity index is 2010. The first-order chi connectivity index (χ1) is 21.4. The maximum Gasteiger partial charge on any atom is 0.269 e. The number of fused-ring (bicyclic) bond motifs is 1. The predicted molar refractivity (Wildman–Crippen MR) is 169 cm³/mol. The molecule has 1 atom stereocenters. The highest BCUT2D eigenvalue weighted by Crippen LogP contribution is 2.31. The number of rotatable bonds is 11. The van der Waals surface area contributed by atoms with E-state index in [1.165, 1.54) is 30.0 Å². The third-order valence-electron chi connectivity index (χ3n) is 6.96. The number of hydrogen-bond donors (Lipinski definition) is 1. The topological polar surface area (TPSA) is 133 Å². The lowest BCUT2D eigenvalue weighted by Gasteiger charge is -2.20. The van der Waals surface area contributed by atoms with Gasteiger partial charge in [-0.25, -0.2) is 8.42 Å². The lowest BCUT2D eigenvalue weighted by Crippen LogP contribution is -2.32. The van der Waals surface area contributed by atoms with Gasteiger partial charge in [0.15, 0.2) is 11.0 Å². The van der Waals surface area contributed by atoms with Crippen molar-refractivity contribution in [3.8, 4) is 5.69 Å². The standard InChI is InChI=1S/C32H26N6O4S2/c39-38(40)27-18-16-26(17-19-27)37-31(34-35-32(37)43-22-24-11-5-2-6-12-24)28(21-23-9-3-1-4-10-23)36-44(41,42)29-15-7-13-25-14-8-20-33-30(25)29/h1-20,28,36H,21-22H2. The highest BCUT2D eigenvalue weighted by Gasteiger charge is 2.29. The summed E-state index contributed by atoms with van der Waals surface area (Å²) in [6.07, 6.45) is 1.83. The first-order valence-electron chi connectivity index (χ1n) is 13.7. The van der Waals surface area contributed by atoms with E-state index in [0.717, 1.165) is 11.1 Å². The minimum atomic E-state index is -4.11. The van der Waals surface area contributed by atoms with Gasteiger partial charge in [0.2, 0.25) is 10.0 Å². The average molecular weight is 623 g/mol. The van der Waals surface area contributed by atoms with Crippen LogP contribution in [0, 0.1) is 10.1 Å². The van der Waals surface area contributed by atoms with Crippen LogP contribution in [-0.4, -0.2) is 33.1 Å². The van der Waals surface area contributed by atoms with Crippen LogP contribution in [0.15, 0.2) is 132 Å². The van der Waals surface area contributed by atoms with E-state index in [-0.39, 0.29) is 17.0 Å². The smallest absolute Gasteiger partial charge is 0.269 e. The minimum absolute atomic E-state index is 0.0498. The van der Waals surface area contributed by atoms with Crippen LogP contribution in [-0.2, 0) is 22.2 Å². The van der Waals surface area contributed by atoms with Crippen LogP contribution >= 0.6 is 11.8 Å². The monoisotopic (exact) mass is 622 g/mol. The SMILES string of the molecule is O=[N+]([O-])c1ccc(-n2c(SCc3ccccc3)nnc2C(Cc2ccccc2)NS(=O)(=O)c2cccc3cccnc23)cc1. The maximum absolute atomic E-state index is 14.0. The molecule has 6 rings (SSSR count). The fourth-order valence-electron chi connectivity index (χ4n) is 4.87. The maximum atomic E-state index is 14.0. The third-order valence-corrected chi connectivity index (χ3v) is 9.47. The Labute approximate surface area is 258 Å². The van der Waals surface area contributed by atoms with E-state index >= 15 is 0 Å². The molecule has 0 saturated heterocycles. The van der Waals surface area contributed by atoms with Crippen molar-refractivity contribution in [2.45, 2.75) is 28.3 Å². The van der Waals surface area contributed by atoms with Gasteiger partial charge in [0, 0.05) is 35.2 Å². The molecule has 6 aromatic rings. The lowest BCUT2D eigenvalue weighted by atomic mass is 10.1. The Morgan fingerprint density at radius 1 is 0.818 bits per heavy atom. The van der Waals surface area contributed by atoms with Crippen molar-refractivity contribution in [1.29, 1.82) is 0 Å². The van der Waals surface area contributed by atoms with Crippen LogP contribution in [0.25, 0.3) is 16.6 Å². The molecule has 0 amide bonds. The second kappa shape index (κ2) is 12.8. The zero-order valence-electron chi connectivity index (χ0n) is 23.2. The van der Waals surface area contributed by atoms with E-state index in [1.54, 1.807) is 35.0 Å². The summed E-state index contributed by atoms with van der Waals surface area (Å²) in [6, 6.07) is 33.1. The van der Waals surface area contributed by atoms with Crippen molar-refractivity contribution in [1.82, 2.24) is 24.5 Å². The molecule has 10 nitrogen and oxygen atoms in total. The van der Waals surface area contributed by atoms with Crippen LogP contribution in [0.3, 0.4) is 0 Å². The van der Waals surface area contributed by atoms with E-state index in [0.29, 0.717) is 33.3 Å². The molecule has 0 aliphatic heterocycles. The van der Waals surface area contributed by atoms with Crippen molar-refractivity contribution in [3.63, 3.8) is 0 Å².